The van der Waals surface area contributed by atoms with Crippen LogP contribution in [0.15, 0.2) is 28.4 Å². The van der Waals surface area contributed by atoms with Crippen molar-refractivity contribution in [2.24, 2.45) is 0 Å². The summed E-state index contributed by atoms with van der Waals surface area (Å²) in [7, 11) is 0. The molecule has 0 unspecified atom stereocenters. The Morgan fingerprint density at radius 2 is 2.00 bits per heavy atom. The molecule has 1 aromatic carbocycles. The highest BCUT2D eigenvalue weighted by Gasteiger charge is 2.22. The SMILES string of the molecule is O=C1NC(=O)/C(=C\c2ccc(O)c(Br)c2)N1. The smallest absolute Gasteiger partial charge is 0.326 e. The summed E-state index contributed by atoms with van der Waals surface area (Å²) < 4.78 is 0.520. The molecule has 0 aromatic heterocycles. The maximum atomic E-state index is 11.2. The minimum Gasteiger partial charge on any atom is -0.507 e. The zero-order valence-corrected chi connectivity index (χ0v) is 9.54. The first kappa shape index (κ1) is 10.7. The molecule has 1 heterocycles. The zero-order valence-electron chi connectivity index (χ0n) is 7.95. The van der Waals surface area contributed by atoms with Crippen LogP contribution in [0.4, 0.5) is 4.79 Å². The normalized spacial score (nSPS) is 17.4. The van der Waals surface area contributed by atoms with E-state index in [2.05, 4.69) is 26.6 Å². The first-order chi connectivity index (χ1) is 7.56. The van der Waals surface area contributed by atoms with Crippen LogP contribution >= 0.6 is 15.9 Å². The summed E-state index contributed by atoms with van der Waals surface area (Å²) >= 11 is 3.16. The lowest BCUT2D eigenvalue weighted by Crippen LogP contribution is -2.22. The van der Waals surface area contributed by atoms with Crippen LogP contribution in [0.2, 0.25) is 0 Å². The van der Waals surface area contributed by atoms with Gasteiger partial charge in [0.2, 0.25) is 0 Å². The Labute approximate surface area is 99.3 Å². The second-order valence-corrected chi connectivity index (χ2v) is 4.03. The summed E-state index contributed by atoms with van der Waals surface area (Å²) in [6, 6.07) is 4.23. The standard InChI is InChI=1S/C10H7BrN2O3/c11-6-3-5(1-2-8(6)14)4-7-9(15)13-10(16)12-7/h1-4,14H,(H2,12,13,15,16)/b7-4+. The molecule has 3 amide bonds. The Morgan fingerprint density at radius 3 is 2.56 bits per heavy atom. The number of rotatable bonds is 1. The van der Waals surface area contributed by atoms with Crippen molar-refractivity contribution in [2.45, 2.75) is 0 Å². The number of halogens is 1. The Balaban J connectivity index is 2.32. The first-order valence-corrected chi connectivity index (χ1v) is 5.18. The summed E-state index contributed by atoms with van der Waals surface area (Å²) in [6.45, 7) is 0. The molecule has 0 spiro atoms. The second-order valence-electron chi connectivity index (χ2n) is 3.18. The molecular formula is C10H7BrN2O3. The van der Waals surface area contributed by atoms with Crippen molar-refractivity contribution in [3.63, 3.8) is 0 Å². The van der Waals surface area contributed by atoms with Crippen molar-refractivity contribution in [3.8, 4) is 5.75 Å². The topological polar surface area (TPSA) is 78.4 Å². The predicted molar refractivity (Wildman–Crippen MR) is 60.5 cm³/mol. The fourth-order valence-electron chi connectivity index (χ4n) is 1.26. The zero-order chi connectivity index (χ0) is 11.7. The van der Waals surface area contributed by atoms with Crippen LogP contribution in [0.5, 0.6) is 5.75 Å². The minimum atomic E-state index is -0.533. The van der Waals surface area contributed by atoms with E-state index in [4.69, 9.17) is 0 Å². The number of benzene rings is 1. The lowest BCUT2D eigenvalue weighted by molar-refractivity contribution is -0.115. The third kappa shape index (κ3) is 2.06. The minimum absolute atomic E-state index is 0.113. The molecule has 5 nitrogen and oxygen atoms in total. The number of carbonyl (C=O) groups excluding carboxylic acids is 2. The number of aromatic hydroxyl groups is 1. The number of phenols is 1. The van der Waals surface area contributed by atoms with Gasteiger partial charge >= 0.3 is 6.03 Å². The molecule has 6 heteroatoms. The van der Waals surface area contributed by atoms with E-state index in [1.165, 1.54) is 12.1 Å². The monoisotopic (exact) mass is 282 g/mol. The molecule has 2 rings (SSSR count). The number of carbonyl (C=O) groups is 2. The maximum absolute atomic E-state index is 11.2. The molecule has 1 saturated heterocycles. The van der Waals surface area contributed by atoms with E-state index in [0.717, 1.165) is 0 Å². The molecule has 0 aliphatic carbocycles. The van der Waals surface area contributed by atoms with Gasteiger partial charge in [0.15, 0.2) is 0 Å². The van der Waals surface area contributed by atoms with Crippen LogP contribution in [0, 0.1) is 0 Å². The molecule has 82 valence electrons. The number of phenolic OH excluding ortho intramolecular Hbond substituents is 1. The average molecular weight is 283 g/mol. The van der Waals surface area contributed by atoms with E-state index < -0.39 is 11.9 Å². The van der Waals surface area contributed by atoms with Crippen LogP contribution in [-0.4, -0.2) is 17.0 Å². The summed E-state index contributed by atoms with van der Waals surface area (Å²) in [4.78, 5) is 22.1. The number of nitrogens with one attached hydrogen (secondary N) is 2. The quantitative estimate of drug-likeness (QED) is 0.537. The van der Waals surface area contributed by atoms with Crippen molar-refractivity contribution in [3.05, 3.63) is 33.9 Å². The van der Waals surface area contributed by atoms with E-state index in [1.54, 1.807) is 12.1 Å². The van der Waals surface area contributed by atoms with Gasteiger partial charge < -0.3 is 10.4 Å². The molecule has 0 saturated carbocycles. The highest BCUT2D eigenvalue weighted by atomic mass is 79.9. The van der Waals surface area contributed by atoms with Gasteiger partial charge in [0, 0.05) is 0 Å². The average Bonchev–Trinajstić information content (AvgIpc) is 2.51. The molecule has 0 radical (unpaired) electrons. The van der Waals surface area contributed by atoms with E-state index in [9.17, 15) is 14.7 Å². The fraction of sp³-hybridized carbons (Fsp3) is 0. The van der Waals surface area contributed by atoms with Gasteiger partial charge in [-0.05, 0) is 39.7 Å². The Hall–Kier alpha value is -1.82. The third-order valence-corrected chi connectivity index (χ3v) is 2.64. The highest BCUT2D eigenvalue weighted by Crippen LogP contribution is 2.25. The molecule has 3 N–H and O–H groups in total. The van der Waals surface area contributed by atoms with Gasteiger partial charge in [-0.1, -0.05) is 6.07 Å². The summed E-state index contributed by atoms with van der Waals surface area (Å²) in [5.74, 6) is -0.351. The van der Waals surface area contributed by atoms with Crippen LogP contribution in [-0.2, 0) is 4.79 Å². The number of urea groups is 1. The molecule has 16 heavy (non-hydrogen) atoms. The van der Waals surface area contributed by atoms with E-state index in [0.29, 0.717) is 10.0 Å². The molecule has 0 atom stereocenters. The molecule has 1 aliphatic rings. The second kappa shape index (κ2) is 3.97. The van der Waals surface area contributed by atoms with Gasteiger partial charge in [0.05, 0.1) is 4.47 Å². The lowest BCUT2D eigenvalue weighted by Gasteiger charge is -1.99. The molecule has 1 aliphatic heterocycles. The van der Waals surface area contributed by atoms with Gasteiger partial charge in [0.25, 0.3) is 5.91 Å². The van der Waals surface area contributed by atoms with Gasteiger partial charge in [-0.3, -0.25) is 10.1 Å². The van der Waals surface area contributed by atoms with Crippen LogP contribution in [0.3, 0.4) is 0 Å². The van der Waals surface area contributed by atoms with Crippen molar-refractivity contribution in [2.75, 3.05) is 0 Å². The highest BCUT2D eigenvalue weighted by molar-refractivity contribution is 9.10. The van der Waals surface area contributed by atoms with Gasteiger partial charge in [-0.15, -0.1) is 0 Å². The van der Waals surface area contributed by atoms with E-state index in [-0.39, 0.29) is 11.4 Å². The molecule has 0 bridgehead atoms. The van der Waals surface area contributed by atoms with E-state index >= 15 is 0 Å². The first-order valence-electron chi connectivity index (χ1n) is 4.39. The van der Waals surface area contributed by atoms with Crippen LogP contribution in [0.25, 0.3) is 6.08 Å². The molecule has 1 aromatic rings. The number of hydrogen-bond acceptors (Lipinski definition) is 3. The van der Waals surface area contributed by atoms with Crippen molar-refractivity contribution in [1.29, 1.82) is 0 Å². The fourth-order valence-corrected chi connectivity index (χ4v) is 1.66. The molecule has 1 fully saturated rings. The van der Waals surface area contributed by atoms with Gasteiger partial charge in [0.1, 0.15) is 11.4 Å². The van der Waals surface area contributed by atoms with Crippen molar-refractivity contribution >= 4 is 33.9 Å². The van der Waals surface area contributed by atoms with Crippen LogP contribution < -0.4 is 10.6 Å². The van der Waals surface area contributed by atoms with E-state index in [1.807, 2.05) is 0 Å². The van der Waals surface area contributed by atoms with Crippen LogP contribution in [0.1, 0.15) is 5.56 Å². The number of hydrogen-bond donors (Lipinski definition) is 3. The predicted octanol–water partition coefficient (Wildman–Crippen LogP) is 1.33. The summed E-state index contributed by atoms with van der Waals surface area (Å²) in [5.41, 5.74) is 0.875. The Bertz CT molecular complexity index is 511. The third-order valence-electron chi connectivity index (χ3n) is 2.00. The van der Waals surface area contributed by atoms with Crippen molar-refractivity contribution < 1.29 is 14.7 Å². The summed E-state index contributed by atoms with van der Waals surface area (Å²) in [6.07, 6.45) is 1.52. The lowest BCUT2D eigenvalue weighted by atomic mass is 10.2. The number of imide groups is 1. The van der Waals surface area contributed by atoms with Gasteiger partial charge in [-0.25, -0.2) is 4.79 Å². The van der Waals surface area contributed by atoms with Gasteiger partial charge in [-0.2, -0.15) is 0 Å². The Kier molecular flexibility index (Phi) is 2.66. The molecular weight excluding hydrogens is 276 g/mol. The largest absolute Gasteiger partial charge is 0.507 e. The maximum Gasteiger partial charge on any atom is 0.326 e. The van der Waals surface area contributed by atoms with Crippen molar-refractivity contribution in [1.82, 2.24) is 10.6 Å². The Morgan fingerprint density at radius 1 is 1.25 bits per heavy atom. The number of amides is 3. The summed E-state index contributed by atoms with van der Waals surface area (Å²) in [5, 5.41) is 13.7.